The Morgan fingerprint density at radius 1 is 1.26 bits per heavy atom. The zero-order valence-corrected chi connectivity index (χ0v) is 11.4. The predicted octanol–water partition coefficient (Wildman–Crippen LogP) is 3.40. The highest BCUT2D eigenvalue weighted by molar-refractivity contribution is 5.77. The molecule has 0 amide bonds. The number of aromatic amines is 1. The lowest BCUT2D eigenvalue weighted by atomic mass is 9.75. The number of hydrogen-bond acceptors (Lipinski definition) is 2. The maximum atomic E-state index is 10.7. The van der Waals surface area contributed by atoms with E-state index < -0.39 is 0 Å². The lowest BCUT2D eigenvalue weighted by Crippen LogP contribution is -2.21. The normalized spacial score (nSPS) is 16.9. The van der Waals surface area contributed by atoms with E-state index >= 15 is 0 Å². The quantitative estimate of drug-likeness (QED) is 0.835. The molecule has 1 aliphatic rings. The van der Waals surface area contributed by atoms with Crippen LogP contribution in [0, 0.1) is 5.41 Å². The lowest BCUT2D eigenvalue weighted by Gasteiger charge is -2.29. The molecule has 19 heavy (non-hydrogen) atoms. The van der Waals surface area contributed by atoms with Crippen LogP contribution in [0.3, 0.4) is 0 Å². The van der Waals surface area contributed by atoms with Crippen LogP contribution in [-0.4, -0.2) is 16.5 Å². The number of carbonyl (C=O) groups is 1. The Hall–Kier alpha value is -1.90. The molecule has 0 spiro atoms. The minimum atomic E-state index is 0.342. The number of aldehydes is 1. The van der Waals surface area contributed by atoms with Crippen molar-refractivity contribution in [2.24, 2.45) is 5.41 Å². The molecule has 1 heterocycles. The van der Waals surface area contributed by atoms with Gasteiger partial charge < -0.3 is 0 Å². The maximum Gasteiger partial charge on any atom is 0.150 e. The van der Waals surface area contributed by atoms with Crippen molar-refractivity contribution < 1.29 is 4.79 Å². The average Bonchev–Trinajstić information content (AvgIpc) is 2.80. The Kier molecular flexibility index (Phi) is 2.77. The Labute approximate surface area is 113 Å². The predicted molar refractivity (Wildman–Crippen MR) is 75.2 cm³/mol. The van der Waals surface area contributed by atoms with Crippen LogP contribution in [0.5, 0.6) is 0 Å². The second-order valence-corrected chi connectivity index (χ2v) is 6.11. The number of aromatic nitrogens is 2. The first-order chi connectivity index (χ1) is 9.09. The summed E-state index contributed by atoms with van der Waals surface area (Å²) in [5, 5.41) is 7.65. The number of aryl methyl sites for hydroxylation is 1. The third-order valence-corrected chi connectivity index (χ3v) is 3.98. The van der Waals surface area contributed by atoms with E-state index in [1.54, 1.807) is 0 Å². The molecular formula is C16H18N2O. The van der Waals surface area contributed by atoms with E-state index in [1.807, 2.05) is 24.3 Å². The fourth-order valence-corrected chi connectivity index (χ4v) is 2.79. The van der Waals surface area contributed by atoms with Crippen molar-refractivity contribution in [1.82, 2.24) is 10.2 Å². The van der Waals surface area contributed by atoms with Crippen LogP contribution in [0.4, 0.5) is 0 Å². The van der Waals surface area contributed by atoms with Gasteiger partial charge in [-0.3, -0.25) is 9.89 Å². The molecular weight excluding hydrogens is 236 g/mol. The highest BCUT2D eigenvalue weighted by Gasteiger charge is 2.29. The highest BCUT2D eigenvalue weighted by atomic mass is 16.1. The van der Waals surface area contributed by atoms with Crippen molar-refractivity contribution in [2.75, 3.05) is 0 Å². The molecule has 0 radical (unpaired) electrons. The van der Waals surface area contributed by atoms with Gasteiger partial charge in [-0.2, -0.15) is 5.10 Å². The van der Waals surface area contributed by atoms with Crippen LogP contribution in [0.25, 0.3) is 11.3 Å². The van der Waals surface area contributed by atoms with Crippen molar-refractivity contribution in [3.63, 3.8) is 0 Å². The summed E-state index contributed by atoms with van der Waals surface area (Å²) >= 11 is 0. The Balaban J connectivity index is 2.02. The van der Waals surface area contributed by atoms with Crippen molar-refractivity contribution in [3.05, 3.63) is 41.1 Å². The Morgan fingerprint density at radius 3 is 2.68 bits per heavy atom. The number of carbonyl (C=O) groups excluding carboxylic acids is 1. The van der Waals surface area contributed by atoms with Gasteiger partial charge in [0.25, 0.3) is 0 Å². The summed E-state index contributed by atoms with van der Waals surface area (Å²) in [4.78, 5) is 10.7. The first-order valence-electron chi connectivity index (χ1n) is 6.71. The zero-order chi connectivity index (χ0) is 13.5. The van der Waals surface area contributed by atoms with Gasteiger partial charge in [0.05, 0.1) is 5.69 Å². The molecule has 0 unspecified atom stereocenters. The number of nitrogens with zero attached hydrogens (tertiary/aromatic N) is 1. The molecule has 0 atom stereocenters. The summed E-state index contributed by atoms with van der Waals surface area (Å²) in [7, 11) is 0. The third kappa shape index (κ3) is 2.21. The fraction of sp³-hybridized carbons (Fsp3) is 0.375. The van der Waals surface area contributed by atoms with Crippen LogP contribution in [0.15, 0.2) is 24.3 Å². The molecule has 1 aromatic heterocycles. The van der Waals surface area contributed by atoms with Crippen LogP contribution in [0.1, 0.15) is 41.9 Å². The van der Waals surface area contributed by atoms with Gasteiger partial charge in [0.1, 0.15) is 6.29 Å². The molecule has 3 heteroatoms. The monoisotopic (exact) mass is 254 g/mol. The molecule has 0 saturated carbocycles. The lowest BCUT2D eigenvalue weighted by molar-refractivity contribution is 0.112. The number of hydrogen-bond donors (Lipinski definition) is 1. The summed E-state index contributed by atoms with van der Waals surface area (Å²) in [5.74, 6) is 0. The van der Waals surface area contributed by atoms with Gasteiger partial charge in [0.2, 0.25) is 0 Å². The second-order valence-electron chi connectivity index (χ2n) is 6.11. The number of fused-ring (bicyclic) bond motifs is 1. The van der Waals surface area contributed by atoms with Gasteiger partial charge in [-0.1, -0.05) is 38.1 Å². The van der Waals surface area contributed by atoms with Gasteiger partial charge in [-0.25, -0.2) is 0 Å². The second kappa shape index (κ2) is 4.34. The van der Waals surface area contributed by atoms with Crippen molar-refractivity contribution in [3.8, 4) is 11.3 Å². The largest absolute Gasteiger partial charge is 0.298 e. The van der Waals surface area contributed by atoms with Crippen molar-refractivity contribution >= 4 is 6.29 Å². The van der Waals surface area contributed by atoms with Crippen LogP contribution >= 0.6 is 0 Å². The number of benzene rings is 1. The fourth-order valence-electron chi connectivity index (χ4n) is 2.79. The number of H-pyrrole nitrogens is 1. The summed E-state index contributed by atoms with van der Waals surface area (Å²) < 4.78 is 0. The van der Waals surface area contributed by atoms with Gasteiger partial charge in [0.15, 0.2) is 0 Å². The van der Waals surface area contributed by atoms with Crippen molar-refractivity contribution in [2.45, 2.75) is 33.1 Å². The molecule has 1 N–H and O–H groups in total. The van der Waals surface area contributed by atoms with Crippen LogP contribution in [-0.2, 0) is 12.8 Å². The minimum Gasteiger partial charge on any atom is -0.298 e. The SMILES string of the molecule is CC1(C)CCc2[nH]nc(-c3ccc(C=O)cc3)c2C1. The van der Waals surface area contributed by atoms with Crippen LogP contribution in [0.2, 0.25) is 0 Å². The Morgan fingerprint density at radius 2 is 2.00 bits per heavy atom. The van der Waals surface area contributed by atoms with E-state index in [-0.39, 0.29) is 0 Å². The molecule has 0 bridgehead atoms. The molecule has 0 fully saturated rings. The van der Waals surface area contributed by atoms with E-state index in [0.29, 0.717) is 11.0 Å². The molecule has 0 aliphatic heterocycles. The van der Waals surface area contributed by atoms with E-state index in [9.17, 15) is 4.79 Å². The molecule has 3 nitrogen and oxygen atoms in total. The molecule has 1 aromatic carbocycles. The molecule has 2 aromatic rings. The topological polar surface area (TPSA) is 45.8 Å². The van der Waals surface area contributed by atoms with Gasteiger partial charge in [-0.05, 0) is 24.7 Å². The first-order valence-corrected chi connectivity index (χ1v) is 6.71. The van der Waals surface area contributed by atoms with Crippen molar-refractivity contribution in [1.29, 1.82) is 0 Å². The summed E-state index contributed by atoms with van der Waals surface area (Å²) in [6.07, 6.45) is 4.20. The average molecular weight is 254 g/mol. The highest BCUT2D eigenvalue weighted by Crippen LogP contribution is 2.38. The summed E-state index contributed by atoms with van der Waals surface area (Å²) in [5.41, 5.74) is 5.78. The molecule has 98 valence electrons. The Bertz CT molecular complexity index is 608. The smallest absolute Gasteiger partial charge is 0.150 e. The standard InChI is InChI=1S/C16H18N2O/c1-16(2)8-7-14-13(9-16)15(18-17-14)12-5-3-11(10-19)4-6-12/h3-6,10H,7-9H2,1-2H3,(H,17,18). The molecule has 0 saturated heterocycles. The molecule has 3 rings (SSSR count). The van der Waals surface area contributed by atoms with Gasteiger partial charge >= 0.3 is 0 Å². The van der Waals surface area contributed by atoms with Gasteiger partial charge in [-0.15, -0.1) is 0 Å². The van der Waals surface area contributed by atoms with E-state index in [2.05, 4.69) is 24.0 Å². The van der Waals surface area contributed by atoms with E-state index in [1.165, 1.54) is 17.7 Å². The summed E-state index contributed by atoms with van der Waals surface area (Å²) in [6, 6.07) is 7.64. The maximum absolute atomic E-state index is 10.7. The number of rotatable bonds is 2. The number of nitrogens with one attached hydrogen (secondary N) is 1. The summed E-state index contributed by atoms with van der Waals surface area (Å²) in [6.45, 7) is 4.62. The first kappa shape index (κ1) is 12.2. The van der Waals surface area contributed by atoms with E-state index in [4.69, 9.17) is 0 Å². The zero-order valence-electron chi connectivity index (χ0n) is 11.4. The third-order valence-electron chi connectivity index (χ3n) is 3.98. The molecule has 1 aliphatic carbocycles. The van der Waals surface area contributed by atoms with E-state index in [0.717, 1.165) is 30.4 Å². The minimum absolute atomic E-state index is 0.342. The van der Waals surface area contributed by atoms with Gasteiger partial charge in [0, 0.05) is 22.4 Å². The van der Waals surface area contributed by atoms with Crippen LogP contribution < -0.4 is 0 Å².